The molecule has 0 aliphatic heterocycles. The van der Waals surface area contributed by atoms with Crippen molar-refractivity contribution in [2.45, 2.75) is 25.6 Å². The molecule has 0 heterocycles. The molecule has 3 heteroatoms. The summed E-state index contributed by atoms with van der Waals surface area (Å²) in [4.78, 5) is 10.6. The average molecular weight is 144 g/mol. The standard InChI is InChI=1S/C7H12O3/c1-3-5(8)7(10)6(9)4-2/h3,6-7,9-10H,1,4H2,2H3. The number of aliphatic hydroxyl groups is 2. The van der Waals surface area contributed by atoms with Crippen LogP contribution in [0.5, 0.6) is 0 Å². The van der Waals surface area contributed by atoms with Gasteiger partial charge in [-0.05, 0) is 12.5 Å². The number of carbonyl (C=O) groups is 1. The lowest BCUT2D eigenvalue weighted by Gasteiger charge is -2.11. The fraction of sp³-hybridized carbons (Fsp3) is 0.571. The van der Waals surface area contributed by atoms with Crippen molar-refractivity contribution >= 4 is 5.78 Å². The molecule has 58 valence electrons. The van der Waals surface area contributed by atoms with E-state index in [1.165, 1.54) is 0 Å². The van der Waals surface area contributed by atoms with Crippen molar-refractivity contribution in [1.82, 2.24) is 0 Å². The Hall–Kier alpha value is -0.670. The molecule has 3 nitrogen and oxygen atoms in total. The van der Waals surface area contributed by atoms with Crippen molar-refractivity contribution in [3.63, 3.8) is 0 Å². The van der Waals surface area contributed by atoms with Crippen LogP contribution in [0, 0.1) is 0 Å². The van der Waals surface area contributed by atoms with Gasteiger partial charge in [0.15, 0.2) is 5.78 Å². The van der Waals surface area contributed by atoms with E-state index in [4.69, 9.17) is 10.2 Å². The number of carbonyl (C=O) groups excluding carboxylic acids is 1. The van der Waals surface area contributed by atoms with Gasteiger partial charge in [0.1, 0.15) is 6.10 Å². The Morgan fingerprint density at radius 3 is 2.50 bits per heavy atom. The van der Waals surface area contributed by atoms with Crippen LogP contribution >= 0.6 is 0 Å². The monoisotopic (exact) mass is 144 g/mol. The molecule has 0 saturated carbocycles. The summed E-state index contributed by atoms with van der Waals surface area (Å²) >= 11 is 0. The summed E-state index contributed by atoms with van der Waals surface area (Å²) in [7, 11) is 0. The topological polar surface area (TPSA) is 57.5 Å². The minimum Gasteiger partial charge on any atom is -0.390 e. The van der Waals surface area contributed by atoms with Crippen molar-refractivity contribution in [1.29, 1.82) is 0 Å². The highest BCUT2D eigenvalue weighted by Crippen LogP contribution is 1.99. The Bertz CT molecular complexity index is 131. The van der Waals surface area contributed by atoms with Crippen LogP contribution in [0.25, 0.3) is 0 Å². The van der Waals surface area contributed by atoms with E-state index in [0.717, 1.165) is 6.08 Å². The first-order chi connectivity index (χ1) is 4.63. The summed E-state index contributed by atoms with van der Waals surface area (Å²) in [6.45, 7) is 4.86. The molecule has 2 N–H and O–H groups in total. The smallest absolute Gasteiger partial charge is 0.186 e. The summed E-state index contributed by atoms with van der Waals surface area (Å²) in [6, 6.07) is 0. The maximum atomic E-state index is 10.6. The normalized spacial score (nSPS) is 15.9. The highest BCUT2D eigenvalue weighted by Gasteiger charge is 2.19. The van der Waals surface area contributed by atoms with E-state index in [1.54, 1.807) is 6.92 Å². The third-order valence-electron chi connectivity index (χ3n) is 1.28. The summed E-state index contributed by atoms with van der Waals surface area (Å²) in [5.74, 6) is -0.533. The lowest BCUT2D eigenvalue weighted by molar-refractivity contribution is -0.127. The Morgan fingerprint density at radius 1 is 1.70 bits per heavy atom. The predicted molar refractivity (Wildman–Crippen MR) is 37.5 cm³/mol. The third kappa shape index (κ3) is 2.29. The largest absolute Gasteiger partial charge is 0.390 e. The Morgan fingerprint density at radius 2 is 2.20 bits per heavy atom. The van der Waals surface area contributed by atoms with Crippen LogP contribution in [0.3, 0.4) is 0 Å². The van der Waals surface area contributed by atoms with Crippen molar-refractivity contribution in [3.8, 4) is 0 Å². The van der Waals surface area contributed by atoms with Crippen LogP contribution in [0.4, 0.5) is 0 Å². The van der Waals surface area contributed by atoms with Crippen LogP contribution in [-0.4, -0.2) is 28.2 Å². The number of hydrogen-bond donors (Lipinski definition) is 2. The van der Waals surface area contributed by atoms with Crippen molar-refractivity contribution in [3.05, 3.63) is 12.7 Å². The van der Waals surface area contributed by atoms with Crippen LogP contribution < -0.4 is 0 Å². The minimum absolute atomic E-state index is 0.362. The van der Waals surface area contributed by atoms with Gasteiger partial charge in [-0.15, -0.1) is 0 Å². The number of ketones is 1. The summed E-state index contributed by atoms with van der Waals surface area (Å²) < 4.78 is 0. The molecule has 0 aromatic heterocycles. The van der Waals surface area contributed by atoms with Crippen molar-refractivity contribution in [2.24, 2.45) is 0 Å². The Kier molecular flexibility index (Phi) is 3.91. The van der Waals surface area contributed by atoms with Gasteiger partial charge in [0.05, 0.1) is 6.10 Å². The summed E-state index contributed by atoms with van der Waals surface area (Å²) in [5, 5.41) is 17.8. The van der Waals surface area contributed by atoms with E-state index in [9.17, 15) is 4.79 Å². The first-order valence-electron chi connectivity index (χ1n) is 3.15. The zero-order chi connectivity index (χ0) is 8.15. The molecule has 0 radical (unpaired) electrons. The molecule has 0 aromatic rings. The molecule has 0 aliphatic rings. The number of rotatable bonds is 4. The molecule has 0 aromatic carbocycles. The fourth-order valence-corrected chi connectivity index (χ4v) is 0.534. The lowest BCUT2D eigenvalue weighted by atomic mass is 10.1. The van der Waals surface area contributed by atoms with Gasteiger partial charge in [-0.3, -0.25) is 4.79 Å². The molecule has 0 aliphatic carbocycles. The molecule has 2 unspecified atom stereocenters. The second-order valence-electron chi connectivity index (χ2n) is 2.03. The molecule has 0 amide bonds. The van der Waals surface area contributed by atoms with E-state index in [2.05, 4.69) is 6.58 Å². The maximum absolute atomic E-state index is 10.6. The van der Waals surface area contributed by atoms with Gasteiger partial charge in [-0.2, -0.15) is 0 Å². The fourth-order valence-electron chi connectivity index (χ4n) is 0.534. The van der Waals surface area contributed by atoms with Crippen molar-refractivity contribution < 1.29 is 15.0 Å². The molecule has 0 rings (SSSR count). The van der Waals surface area contributed by atoms with Crippen LogP contribution in [-0.2, 0) is 4.79 Å². The molecular formula is C7H12O3. The summed E-state index contributed by atoms with van der Waals surface area (Å²) in [6.07, 6.45) is -0.905. The minimum atomic E-state index is -1.30. The predicted octanol–water partition coefficient (Wildman–Crippen LogP) is -0.127. The van der Waals surface area contributed by atoms with Crippen LogP contribution in [0.2, 0.25) is 0 Å². The first kappa shape index (κ1) is 9.33. The second-order valence-corrected chi connectivity index (χ2v) is 2.03. The van der Waals surface area contributed by atoms with Gasteiger partial charge in [0.2, 0.25) is 0 Å². The lowest BCUT2D eigenvalue weighted by Crippen LogP contribution is -2.31. The van der Waals surface area contributed by atoms with E-state index in [1.807, 2.05) is 0 Å². The zero-order valence-electron chi connectivity index (χ0n) is 5.95. The van der Waals surface area contributed by atoms with Gasteiger partial charge in [-0.1, -0.05) is 13.5 Å². The molecule has 0 bridgehead atoms. The van der Waals surface area contributed by atoms with Gasteiger partial charge in [0, 0.05) is 0 Å². The quantitative estimate of drug-likeness (QED) is 0.540. The number of hydrogen-bond acceptors (Lipinski definition) is 3. The Balaban J connectivity index is 3.93. The average Bonchev–Trinajstić information content (AvgIpc) is 2.00. The van der Waals surface area contributed by atoms with E-state index >= 15 is 0 Å². The van der Waals surface area contributed by atoms with Gasteiger partial charge >= 0.3 is 0 Å². The third-order valence-corrected chi connectivity index (χ3v) is 1.28. The van der Waals surface area contributed by atoms with Crippen LogP contribution in [0.1, 0.15) is 13.3 Å². The molecule has 0 fully saturated rings. The number of aliphatic hydroxyl groups excluding tert-OH is 2. The highest BCUT2D eigenvalue weighted by atomic mass is 16.3. The zero-order valence-corrected chi connectivity index (χ0v) is 5.95. The van der Waals surface area contributed by atoms with E-state index in [0.29, 0.717) is 6.42 Å². The molecular weight excluding hydrogens is 132 g/mol. The van der Waals surface area contributed by atoms with E-state index < -0.39 is 18.0 Å². The highest BCUT2D eigenvalue weighted by molar-refractivity contribution is 5.93. The molecule has 10 heavy (non-hydrogen) atoms. The van der Waals surface area contributed by atoms with Gasteiger partial charge < -0.3 is 10.2 Å². The molecule has 0 saturated heterocycles. The van der Waals surface area contributed by atoms with Gasteiger partial charge in [0.25, 0.3) is 0 Å². The Labute approximate surface area is 60.0 Å². The first-order valence-corrected chi connectivity index (χ1v) is 3.15. The molecule has 2 atom stereocenters. The van der Waals surface area contributed by atoms with E-state index in [-0.39, 0.29) is 0 Å². The maximum Gasteiger partial charge on any atom is 0.186 e. The molecule has 0 spiro atoms. The second kappa shape index (κ2) is 4.19. The summed E-state index contributed by atoms with van der Waals surface area (Å²) in [5.41, 5.74) is 0. The SMILES string of the molecule is C=CC(=O)C(O)C(O)CC. The van der Waals surface area contributed by atoms with Gasteiger partial charge in [-0.25, -0.2) is 0 Å². The van der Waals surface area contributed by atoms with Crippen LogP contribution in [0.15, 0.2) is 12.7 Å². The van der Waals surface area contributed by atoms with Crippen molar-refractivity contribution in [2.75, 3.05) is 0 Å².